The van der Waals surface area contributed by atoms with Gasteiger partial charge in [-0.1, -0.05) is 0 Å². The topological polar surface area (TPSA) is 83.8 Å². The molecule has 2 rings (SSSR count). The zero-order valence-corrected chi connectivity index (χ0v) is 8.50. The number of carbonyl (C=O) groups is 1. The van der Waals surface area contributed by atoms with Crippen LogP contribution in [0.15, 0.2) is 39.4 Å². The molecule has 0 atom stereocenters. The van der Waals surface area contributed by atoms with E-state index >= 15 is 0 Å². The van der Waals surface area contributed by atoms with Crippen LogP contribution in [0, 0.1) is 0 Å². The van der Waals surface area contributed by atoms with E-state index in [1.54, 1.807) is 18.2 Å². The molecule has 0 bridgehead atoms. The molecule has 0 unspecified atom stereocenters. The molecule has 0 saturated heterocycles. The second-order valence-corrected chi connectivity index (χ2v) is 2.82. The summed E-state index contributed by atoms with van der Waals surface area (Å²) in [6, 6.07) is 6.54. The monoisotopic (exact) mass is 224 g/mol. The van der Waals surface area contributed by atoms with E-state index in [1.165, 1.54) is 12.3 Å². The lowest BCUT2D eigenvalue weighted by atomic mass is 10.4. The van der Waals surface area contributed by atoms with Crippen LogP contribution < -0.4 is 0 Å². The third kappa shape index (κ3) is 3.72. The first-order chi connectivity index (χ1) is 7.80. The quantitative estimate of drug-likeness (QED) is 0.769. The fraction of sp³-hybridized carbons (Fsp3) is 0.182. The highest BCUT2D eigenvalue weighted by Gasteiger charge is 1.96. The summed E-state index contributed by atoms with van der Waals surface area (Å²) in [7, 11) is 0. The van der Waals surface area contributed by atoms with Gasteiger partial charge in [0.05, 0.1) is 6.26 Å². The van der Waals surface area contributed by atoms with Gasteiger partial charge in [0.2, 0.25) is 0 Å². The molecular weight excluding hydrogens is 212 g/mol. The fourth-order valence-corrected chi connectivity index (χ4v) is 0.945. The van der Waals surface area contributed by atoms with Crippen molar-refractivity contribution in [2.75, 3.05) is 0 Å². The molecule has 0 fully saturated rings. The molecule has 0 saturated carbocycles. The van der Waals surface area contributed by atoms with Crippen molar-refractivity contribution in [3.05, 3.63) is 47.8 Å². The summed E-state index contributed by atoms with van der Waals surface area (Å²) in [4.78, 5) is 9.96. The largest absolute Gasteiger partial charge is 0.467 e. The van der Waals surface area contributed by atoms with Crippen molar-refractivity contribution in [3.8, 4) is 0 Å². The number of furan rings is 2. The molecule has 2 heterocycles. The van der Waals surface area contributed by atoms with E-state index in [4.69, 9.17) is 19.0 Å². The Balaban J connectivity index is 0.000000165. The Bertz CT molecular complexity index is 402. The second-order valence-electron chi connectivity index (χ2n) is 2.82. The van der Waals surface area contributed by atoms with Crippen molar-refractivity contribution in [3.63, 3.8) is 0 Å². The Hall–Kier alpha value is -1.85. The molecule has 0 amide bonds. The third-order valence-corrected chi connectivity index (χ3v) is 1.69. The molecule has 2 N–H and O–H groups in total. The Morgan fingerprint density at radius 1 is 1.12 bits per heavy atom. The first kappa shape index (κ1) is 12.2. The molecular formula is C11H12O5. The number of carbonyl (C=O) groups excluding carboxylic acids is 1. The van der Waals surface area contributed by atoms with Crippen LogP contribution in [0.5, 0.6) is 0 Å². The standard InChI is InChI=1S/C6H6O3.C5H6O2/c7-3-5-1-2-6(4-8)9-5;6-4-5-2-1-3-7-5/h1-3,8H,4H2;1-3,6H,4H2. The molecule has 0 spiro atoms. The van der Waals surface area contributed by atoms with Gasteiger partial charge in [-0.25, -0.2) is 0 Å². The van der Waals surface area contributed by atoms with Crippen molar-refractivity contribution < 1.29 is 23.8 Å². The van der Waals surface area contributed by atoms with E-state index in [0.717, 1.165) is 0 Å². The van der Waals surface area contributed by atoms with Gasteiger partial charge < -0.3 is 19.0 Å². The maximum Gasteiger partial charge on any atom is 0.185 e. The summed E-state index contributed by atoms with van der Waals surface area (Å²) in [5, 5.41) is 16.8. The normalized spacial score (nSPS) is 9.38. The minimum Gasteiger partial charge on any atom is -0.467 e. The molecule has 0 aliphatic rings. The zero-order chi connectivity index (χ0) is 11.8. The van der Waals surface area contributed by atoms with Gasteiger partial charge in [0.25, 0.3) is 0 Å². The third-order valence-electron chi connectivity index (χ3n) is 1.69. The van der Waals surface area contributed by atoms with E-state index in [-0.39, 0.29) is 19.0 Å². The van der Waals surface area contributed by atoms with E-state index in [1.807, 2.05) is 0 Å². The summed E-state index contributed by atoms with van der Waals surface area (Å²) in [6.07, 6.45) is 2.13. The lowest BCUT2D eigenvalue weighted by Crippen LogP contribution is -1.74. The van der Waals surface area contributed by atoms with E-state index in [9.17, 15) is 4.79 Å². The van der Waals surface area contributed by atoms with Crippen molar-refractivity contribution in [2.45, 2.75) is 13.2 Å². The Kier molecular flexibility index (Phi) is 5.04. The molecule has 0 aromatic carbocycles. The first-order valence-electron chi connectivity index (χ1n) is 4.58. The van der Waals surface area contributed by atoms with Gasteiger partial charge in [0.15, 0.2) is 12.0 Å². The van der Waals surface area contributed by atoms with Crippen LogP contribution in [0.1, 0.15) is 22.1 Å². The molecule has 5 nitrogen and oxygen atoms in total. The number of aliphatic hydroxyl groups is 2. The van der Waals surface area contributed by atoms with E-state index in [0.29, 0.717) is 17.8 Å². The first-order valence-corrected chi connectivity index (χ1v) is 4.58. The highest BCUT2D eigenvalue weighted by atomic mass is 16.4. The van der Waals surface area contributed by atoms with Crippen LogP contribution in [-0.4, -0.2) is 16.5 Å². The minimum atomic E-state index is -0.159. The summed E-state index contributed by atoms with van der Waals surface area (Å²) in [5.41, 5.74) is 0. The summed E-state index contributed by atoms with van der Waals surface area (Å²) >= 11 is 0. The maximum atomic E-state index is 9.96. The van der Waals surface area contributed by atoms with Gasteiger partial charge in [-0.15, -0.1) is 0 Å². The van der Waals surface area contributed by atoms with Gasteiger partial charge in [-0.05, 0) is 24.3 Å². The predicted molar refractivity (Wildman–Crippen MR) is 54.6 cm³/mol. The number of rotatable bonds is 3. The van der Waals surface area contributed by atoms with Crippen LogP contribution in [0.2, 0.25) is 0 Å². The van der Waals surface area contributed by atoms with Gasteiger partial charge in [0.1, 0.15) is 24.7 Å². The lowest BCUT2D eigenvalue weighted by Gasteiger charge is -1.82. The number of aliphatic hydroxyl groups excluding tert-OH is 2. The smallest absolute Gasteiger partial charge is 0.185 e. The molecule has 2 aromatic rings. The van der Waals surface area contributed by atoms with Crippen molar-refractivity contribution in [1.29, 1.82) is 0 Å². The van der Waals surface area contributed by atoms with Gasteiger partial charge in [-0.2, -0.15) is 0 Å². The average Bonchev–Trinajstić information content (AvgIpc) is 3.00. The van der Waals surface area contributed by atoms with Crippen molar-refractivity contribution >= 4 is 6.29 Å². The highest BCUT2D eigenvalue weighted by Crippen LogP contribution is 2.03. The molecule has 86 valence electrons. The summed E-state index contributed by atoms with van der Waals surface area (Å²) in [6.45, 7) is -0.166. The number of hydrogen-bond donors (Lipinski definition) is 2. The number of aldehydes is 1. The maximum absolute atomic E-state index is 9.96. The van der Waals surface area contributed by atoms with Crippen LogP contribution in [0.3, 0.4) is 0 Å². The summed E-state index contributed by atoms with van der Waals surface area (Å²) in [5.74, 6) is 1.27. The van der Waals surface area contributed by atoms with Gasteiger partial charge in [0, 0.05) is 0 Å². The van der Waals surface area contributed by atoms with Gasteiger partial charge in [-0.3, -0.25) is 4.79 Å². The Morgan fingerprint density at radius 2 is 1.88 bits per heavy atom. The van der Waals surface area contributed by atoms with E-state index < -0.39 is 0 Å². The highest BCUT2D eigenvalue weighted by molar-refractivity contribution is 5.70. The average molecular weight is 224 g/mol. The Labute approximate surface area is 91.9 Å². The summed E-state index contributed by atoms with van der Waals surface area (Å²) < 4.78 is 9.50. The molecule has 5 heteroatoms. The lowest BCUT2D eigenvalue weighted by molar-refractivity contribution is 0.109. The second kappa shape index (κ2) is 6.60. The van der Waals surface area contributed by atoms with Gasteiger partial charge >= 0.3 is 0 Å². The number of hydrogen-bond acceptors (Lipinski definition) is 5. The predicted octanol–water partition coefficient (Wildman–Crippen LogP) is 1.36. The molecule has 16 heavy (non-hydrogen) atoms. The molecule has 0 radical (unpaired) electrons. The molecule has 0 aliphatic carbocycles. The zero-order valence-electron chi connectivity index (χ0n) is 8.50. The van der Waals surface area contributed by atoms with Crippen molar-refractivity contribution in [2.24, 2.45) is 0 Å². The van der Waals surface area contributed by atoms with Crippen LogP contribution in [0.4, 0.5) is 0 Å². The molecule has 0 aliphatic heterocycles. The van der Waals surface area contributed by atoms with Crippen LogP contribution in [-0.2, 0) is 13.2 Å². The minimum absolute atomic E-state index is 0.00694. The van der Waals surface area contributed by atoms with E-state index in [2.05, 4.69) is 0 Å². The van der Waals surface area contributed by atoms with Crippen LogP contribution in [0.25, 0.3) is 0 Å². The van der Waals surface area contributed by atoms with Crippen LogP contribution >= 0.6 is 0 Å². The molecule has 2 aromatic heterocycles. The Morgan fingerprint density at radius 3 is 2.19 bits per heavy atom. The van der Waals surface area contributed by atoms with Crippen molar-refractivity contribution in [1.82, 2.24) is 0 Å². The SMILES string of the molecule is O=Cc1ccc(CO)o1.OCc1ccco1. The fourth-order valence-electron chi connectivity index (χ4n) is 0.945.